The van der Waals surface area contributed by atoms with Crippen LogP contribution in [0.4, 0.5) is 0 Å². The van der Waals surface area contributed by atoms with Crippen molar-refractivity contribution in [2.24, 2.45) is 0 Å². The minimum Gasteiger partial charge on any atom is -0.496 e. The van der Waals surface area contributed by atoms with Gasteiger partial charge in [-0.3, -0.25) is 0 Å². The molecule has 0 saturated carbocycles. The molecule has 0 unspecified atom stereocenters. The van der Waals surface area contributed by atoms with Crippen molar-refractivity contribution in [1.82, 2.24) is 4.90 Å². The number of hydrogen-bond donors (Lipinski definition) is 0. The highest BCUT2D eigenvalue weighted by Crippen LogP contribution is 2.45. The van der Waals surface area contributed by atoms with Crippen molar-refractivity contribution in [3.8, 4) is 11.5 Å². The maximum atomic E-state index is 5.80. The minimum atomic E-state index is 0.592. The van der Waals surface area contributed by atoms with Gasteiger partial charge in [-0.1, -0.05) is 0 Å². The molecular weight excluding hydrogens is 282 g/mol. The van der Waals surface area contributed by atoms with Crippen molar-refractivity contribution in [2.75, 3.05) is 33.9 Å². The number of methoxy groups -OCH3 is 1. The average Bonchev–Trinajstić information content (AvgIpc) is 2.76. The highest BCUT2D eigenvalue weighted by molar-refractivity contribution is 9.10. The van der Waals surface area contributed by atoms with E-state index >= 15 is 0 Å². The molecule has 3 nitrogen and oxygen atoms in total. The molecule has 17 heavy (non-hydrogen) atoms. The predicted molar refractivity (Wildman–Crippen MR) is 70.1 cm³/mol. The van der Waals surface area contributed by atoms with Crippen LogP contribution in [-0.4, -0.2) is 38.8 Å². The number of rotatable bonds is 2. The number of halogens is 1. The van der Waals surface area contributed by atoms with Gasteiger partial charge in [0.25, 0.3) is 0 Å². The van der Waals surface area contributed by atoms with Crippen LogP contribution >= 0.6 is 15.9 Å². The first-order valence-electron chi connectivity index (χ1n) is 5.91. The molecule has 0 bridgehead atoms. The van der Waals surface area contributed by atoms with Gasteiger partial charge < -0.3 is 14.4 Å². The van der Waals surface area contributed by atoms with E-state index in [1.807, 2.05) is 0 Å². The molecule has 1 aromatic carbocycles. The molecular formula is C13H16BrNO2. The number of fused-ring (bicyclic) bond motifs is 1. The molecule has 0 spiro atoms. The molecule has 0 aromatic heterocycles. The van der Waals surface area contributed by atoms with Crippen LogP contribution in [0.5, 0.6) is 11.5 Å². The molecule has 0 N–H and O–H groups in total. The molecule has 3 rings (SSSR count). The molecule has 0 aliphatic carbocycles. The van der Waals surface area contributed by atoms with Crippen molar-refractivity contribution >= 4 is 15.9 Å². The summed E-state index contributed by atoms with van der Waals surface area (Å²) in [6.45, 7) is 3.01. The van der Waals surface area contributed by atoms with Crippen molar-refractivity contribution < 1.29 is 9.47 Å². The van der Waals surface area contributed by atoms with Gasteiger partial charge in [0.2, 0.25) is 0 Å². The van der Waals surface area contributed by atoms with Crippen molar-refractivity contribution in [3.63, 3.8) is 0 Å². The lowest BCUT2D eigenvalue weighted by atomic mass is 9.89. The van der Waals surface area contributed by atoms with Crippen LogP contribution in [0.3, 0.4) is 0 Å². The maximum absolute atomic E-state index is 5.80. The third-order valence-corrected chi connectivity index (χ3v) is 4.50. The topological polar surface area (TPSA) is 21.7 Å². The van der Waals surface area contributed by atoms with E-state index in [0.29, 0.717) is 5.92 Å². The van der Waals surface area contributed by atoms with Crippen molar-refractivity contribution in [3.05, 3.63) is 21.7 Å². The van der Waals surface area contributed by atoms with Gasteiger partial charge in [0.05, 0.1) is 18.2 Å². The molecule has 1 saturated heterocycles. The fourth-order valence-electron chi connectivity index (χ4n) is 2.69. The summed E-state index contributed by atoms with van der Waals surface area (Å²) < 4.78 is 12.3. The number of hydrogen-bond acceptors (Lipinski definition) is 3. The summed E-state index contributed by atoms with van der Waals surface area (Å²) in [5, 5.41) is 0. The van der Waals surface area contributed by atoms with Gasteiger partial charge >= 0.3 is 0 Å². The van der Waals surface area contributed by atoms with Crippen molar-refractivity contribution in [1.29, 1.82) is 0 Å². The number of ether oxygens (including phenoxy) is 2. The lowest BCUT2D eigenvalue weighted by Crippen LogP contribution is -2.41. The first-order valence-corrected chi connectivity index (χ1v) is 6.70. The zero-order chi connectivity index (χ0) is 12.0. The van der Waals surface area contributed by atoms with Crippen LogP contribution in [0.2, 0.25) is 0 Å². The van der Waals surface area contributed by atoms with Crippen LogP contribution in [-0.2, 0) is 6.42 Å². The van der Waals surface area contributed by atoms with Crippen LogP contribution < -0.4 is 9.47 Å². The smallest absolute Gasteiger partial charge is 0.133 e. The second-order valence-corrected chi connectivity index (χ2v) is 5.60. The molecule has 2 heterocycles. The Morgan fingerprint density at radius 1 is 1.47 bits per heavy atom. The highest BCUT2D eigenvalue weighted by atomic mass is 79.9. The van der Waals surface area contributed by atoms with Crippen LogP contribution in [0.15, 0.2) is 10.5 Å². The zero-order valence-corrected chi connectivity index (χ0v) is 11.7. The van der Waals surface area contributed by atoms with E-state index in [-0.39, 0.29) is 0 Å². The predicted octanol–water partition coefficient (Wildman–Crippen LogP) is 2.42. The van der Waals surface area contributed by atoms with Gasteiger partial charge in [0.15, 0.2) is 0 Å². The molecule has 0 atom stereocenters. The summed E-state index contributed by atoms with van der Waals surface area (Å²) in [5.74, 6) is 2.61. The Hall–Kier alpha value is -0.740. The van der Waals surface area contributed by atoms with E-state index in [2.05, 4.69) is 33.9 Å². The molecule has 2 aliphatic heterocycles. The third kappa shape index (κ3) is 1.74. The Morgan fingerprint density at radius 2 is 2.24 bits per heavy atom. The third-order valence-electron chi connectivity index (χ3n) is 3.63. The fourth-order valence-corrected chi connectivity index (χ4v) is 3.34. The Kier molecular flexibility index (Phi) is 2.79. The second-order valence-electron chi connectivity index (χ2n) is 4.81. The van der Waals surface area contributed by atoms with E-state index in [1.54, 1.807) is 7.11 Å². The fraction of sp³-hybridized carbons (Fsp3) is 0.538. The quantitative estimate of drug-likeness (QED) is 0.837. The number of nitrogens with zero attached hydrogens (tertiary/aromatic N) is 1. The van der Waals surface area contributed by atoms with E-state index in [4.69, 9.17) is 9.47 Å². The lowest BCUT2D eigenvalue weighted by molar-refractivity contribution is 0.186. The van der Waals surface area contributed by atoms with Gasteiger partial charge in [-0.15, -0.1) is 0 Å². The first kappa shape index (κ1) is 11.4. The summed E-state index contributed by atoms with van der Waals surface area (Å²) in [4.78, 5) is 2.32. The van der Waals surface area contributed by atoms with Gasteiger partial charge in [0, 0.05) is 36.6 Å². The normalized spacial score (nSPS) is 19.7. The summed E-state index contributed by atoms with van der Waals surface area (Å²) in [6.07, 6.45) is 0.975. The van der Waals surface area contributed by atoms with Gasteiger partial charge in [-0.2, -0.15) is 0 Å². The summed E-state index contributed by atoms with van der Waals surface area (Å²) in [6, 6.07) is 2.13. The molecule has 1 fully saturated rings. The van der Waals surface area contributed by atoms with Crippen LogP contribution in [0.25, 0.3) is 0 Å². The Bertz CT molecular complexity index is 455. The number of likely N-dealkylation sites (tertiary alicyclic amines) is 1. The zero-order valence-electron chi connectivity index (χ0n) is 10.1. The molecule has 2 aliphatic rings. The monoisotopic (exact) mass is 297 g/mol. The first-order chi connectivity index (χ1) is 8.20. The highest BCUT2D eigenvalue weighted by Gasteiger charge is 2.32. The van der Waals surface area contributed by atoms with Crippen LogP contribution in [0.1, 0.15) is 17.0 Å². The summed E-state index contributed by atoms with van der Waals surface area (Å²) in [7, 11) is 3.87. The largest absolute Gasteiger partial charge is 0.496 e. The van der Waals surface area contributed by atoms with E-state index in [1.165, 1.54) is 11.1 Å². The Morgan fingerprint density at radius 3 is 2.88 bits per heavy atom. The maximum Gasteiger partial charge on any atom is 0.133 e. The van der Waals surface area contributed by atoms with E-state index in [9.17, 15) is 0 Å². The van der Waals surface area contributed by atoms with E-state index < -0.39 is 0 Å². The Balaban J connectivity index is 2.05. The SMILES string of the molecule is COc1cc(C2CN(C)C2)c2c(c1Br)CCO2. The number of likely N-dealkylation sites (N-methyl/N-ethyl adjacent to an activating group) is 1. The standard InChI is InChI=1S/C13H16BrNO2/c1-15-6-8(7-15)10-5-11(16-2)12(14)9-3-4-17-13(9)10/h5,8H,3-4,6-7H2,1-2H3. The van der Waals surface area contributed by atoms with Crippen LogP contribution in [0, 0.1) is 0 Å². The van der Waals surface area contributed by atoms with E-state index in [0.717, 1.165) is 42.1 Å². The van der Waals surface area contributed by atoms with Gasteiger partial charge in [-0.25, -0.2) is 0 Å². The minimum absolute atomic E-state index is 0.592. The Labute approximate surface area is 110 Å². The number of benzene rings is 1. The molecule has 4 heteroatoms. The molecule has 92 valence electrons. The average molecular weight is 298 g/mol. The second kappa shape index (κ2) is 4.18. The summed E-state index contributed by atoms with van der Waals surface area (Å²) >= 11 is 3.61. The molecule has 0 radical (unpaired) electrons. The van der Waals surface area contributed by atoms with Crippen molar-refractivity contribution in [2.45, 2.75) is 12.3 Å². The lowest BCUT2D eigenvalue weighted by Gasteiger charge is -2.37. The molecule has 0 amide bonds. The summed E-state index contributed by atoms with van der Waals surface area (Å²) in [5.41, 5.74) is 2.59. The molecule has 1 aromatic rings. The van der Waals surface area contributed by atoms with Gasteiger partial charge in [0.1, 0.15) is 11.5 Å². The van der Waals surface area contributed by atoms with Gasteiger partial charge in [-0.05, 0) is 29.0 Å².